The van der Waals surface area contributed by atoms with Crippen molar-refractivity contribution in [3.8, 4) is 11.1 Å². The first kappa shape index (κ1) is 12.9. The zero-order valence-corrected chi connectivity index (χ0v) is 11.4. The van der Waals surface area contributed by atoms with Crippen molar-refractivity contribution in [2.75, 3.05) is 12.4 Å². The van der Waals surface area contributed by atoms with E-state index in [9.17, 15) is 0 Å². The molecule has 0 spiro atoms. The Bertz CT molecular complexity index is 834. The van der Waals surface area contributed by atoms with Crippen molar-refractivity contribution in [1.82, 2.24) is 14.6 Å². The summed E-state index contributed by atoms with van der Waals surface area (Å²) in [7, 11) is 1.80. The fraction of sp³-hybridized carbons (Fsp3) is 0.0714. The largest absolute Gasteiger partial charge is 0.386 e. The molecule has 7 nitrogen and oxygen atoms in total. The van der Waals surface area contributed by atoms with Crippen molar-refractivity contribution < 1.29 is 0 Å². The van der Waals surface area contributed by atoms with Gasteiger partial charge in [-0.05, 0) is 30.5 Å². The van der Waals surface area contributed by atoms with Crippen molar-refractivity contribution in [3.63, 3.8) is 0 Å². The van der Waals surface area contributed by atoms with Gasteiger partial charge in [0.2, 0.25) is 0 Å². The molecule has 0 radical (unpaired) electrons. The highest BCUT2D eigenvalue weighted by atomic mass is 15.3. The molecule has 0 unspecified atom stereocenters. The van der Waals surface area contributed by atoms with Crippen LogP contribution in [0.5, 0.6) is 0 Å². The second-order valence-corrected chi connectivity index (χ2v) is 4.37. The van der Waals surface area contributed by atoms with E-state index in [4.69, 9.17) is 5.53 Å². The summed E-state index contributed by atoms with van der Waals surface area (Å²) in [6.07, 6.45) is 3.57. The maximum Gasteiger partial charge on any atom is 0.266 e. The first-order valence-corrected chi connectivity index (χ1v) is 6.27. The Morgan fingerprint density at radius 1 is 1.33 bits per heavy atom. The Labute approximate surface area is 120 Å². The lowest BCUT2D eigenvalue weighted by Gasteiger charge is -2.07. The van der Waals surface area contributed by atoms with Gasteiger partial charge in [0, 0.05) is 18.8 Å². The fourth-order valence-electron chi connectivity index (χ4n) is 2.21. The van der Waals surface area contributed by atoms with Crippen LogP contribution in [0.25, 0.3) is 16.6 Å². The molecule has 0 saturated heterocycles. The second-order valence-electron chi connectivity index (χ2n) is 4.37. The van der Waals surface area contributed by atoms with E-state index in [-0.39, 0.29) is 0 Å². The van der Waals surface area contributed by atoms with Gasteiger partial charge in [0.15, 0.2) is 0 Å². The molecule has 0 fully saturated rings. The number of hydrogen-bond donors (Lipinski definition) is 2. The van der Waals surface area contributed by atoms with E-state index in [1.165, 1.54) is 0 Å². The molecular formula is C14H13N7. The summed E-state index contributed by atoms with van der Waals surface area (Å²) >= 11 is 0. The third-order valence-electron chi connectivity index (χ3n) is 3.24. The molecule has 0 aliphatic rings. The van der Waals surface area contributed by atoms with Gasteiger partial charge in [0.1, 0.15) is 5.69 Å². The van der Waals surface area contributed by atoms with Crippen LogP contribution in [0.4, 0.5) is 17.3 Å². The molecule has 2 heterocycles. The van der Waals surface area contributed by atoms with Crippen LogP contribution in [0.2, 0.25) is 0 Å². The van der Waals surface area contributed by atoms with Crippen LogP contribution in [0.1, 0.15) is 0 Å². The number of nitrogens with zero attached hydrogens (tertiary/aromatic N) is 5. The topological polar surface area (TPSA) is 90.8 Å². The highest BCUT2D eigenvalue weighted by Crippen LogP contribution is 2.32. The number of hydrogen-bond acceptors (Lipinski definition) is 6. The van der Waals surface area contributed by atoms with Gasteiger partial charge in [0.05, 0.1) is 17.4 Å². The van der Waals surface area contributed by atoms with E-state index in [1.807, 2.05) is 24.4 Å². The Hall–Kier alpha value is -3.09. The van der Waals surface area contributed by atoms with Gasteiger partial charge < -0.3 is 5.32 Å². The summed E-state index contributed by atoms with van der Waals surface area (Å²) in [5.74, 6) is 0.337. The number of aliphatic imine (C=N–C) groups is 1. The number of aromatic nitrogens is 3. The molecule has 2 aromatic heterocycles. The number of fused-ring (bicyclic) bond motifs is 1. The van der Waals surface area contributed by atoms with E-state index >= 15 is 0 Å². The van der Waals surface area contributed by atoms with E-state index in [0.29, 0.717) is 11.6 Å². The molecule has 104 valence electrons. The van der Waals surface area contributed by atoms with Crippen molar-refractivity contribution >= 4 is 29.6 Å². The zero-order chi connectivity index (χ0) is 14.8. The zero-order valence-electron chi connectivity index (χ0n) is 11.4. The van der Waals surface area contributed by atoms with Crippen LogP contribution in [0.3, 0.4) is 0 Å². The van der Waals surface area contributed by atoms with E-state index in [2.05, 4.69) is 32.2 Å². The van der Waals surface area contributed by atoms with Crippen molar-refractivity contribution in [2.45, 2.75) is 0 Å². The van der Waals surface area contributed by atoms with Crippen molar-refractivity contribution in [3.05, 3.63) is 36.7 Å². The highest BCUT2D eigenvalue weighted by Gasteiger charge is 2.09. The van der Waals surface area contributed by atoms with Gasteiger partial charge in [-0.25, -0.2) is 20.0 Å². The van der Waals surface area contributed by atoms with Crippen molar-refractivity contribution in [1.29, 1.82) is 5.53 Å². The van der Waals surface area contributed by atoms with E-state index in [1.54, 1.807) is 23.8 Å². The molecule has 1 aromatic carbocycles. The van der Waals surface area contributed by atoms with Crippen LogP contribution in [0, 0.1) is 5.53 Å². The lowest BCUT2D eigenvalue weighted by molar-refractivity contribution is 0.904. The Balaban J connectivity index is 2.16. The molecule has 3 aromatic rings. The maximum atomic E-state index is 7.15. The molecule has 0 saturated carbocycles. The summed E-state index contributed by atoms with van der Waals surface area (Å²) in [4.78, 5) is 7.85. The lowest BCUT2D eigenvalue weighted by Crippen LogP contribution is -1.92. The average molecular weight is 279 g/mol. The molecule has 0 amide bonds. The first-order chi connectivity index (χ1) is 10.3. The van der Waals surface area contributed by atoms with E-state index < -0.39 is 0 Å². The summed E-state index contributed by atoms with van der Waals surface area (Å²) in [5.41, 5.74) is 11.4. The molecule has 0 aliphatic heterocycles. The summed E-state index contributed by atoms with van der Waals surface area (Å²) in [6.45, 7) is 3.42. The fourth-order valence-corrected chi connectivity index (χ4v) is 2.21. The van der Waals surface area contributed by atoms with Crippen LogP contribution >= 0.6 is 0 Å². The average Bonchev–Trinajstić information content (AvgIpc) is 2.97. The van der Waals surface area contributed by atoms with Crippen molar-refractivity contribution in [2.24, 2.45) is 10.1 Å². The summed E-state index contributed by atoms with van der Waals surface area (Å²) in [5, 5.41) is 10.8. The van der Waals surface area contributed by atoms with Crippen LogP contribution in [-0.2, 0) is 0 Å². The number of anilines is 1. The number of nitrogens with one attached hydrogen (secondary N) is 2. The predicted molar refractivity (Wildman–Crippen MR) is 82.0 cm³/mol. The Morgan fingerprint density at radius 2 is 2.19 bits per heavy atom. The number of rotatable bonds is 4. The molecule has 0 aliphatic carbocycles. The minimum absolute atomic E-state index is 0.337. The quantitative estimate of drug-likeness (QED) is 0.566. The molecule has 7 heteroatoms. The monoisotopic (exact) mass is 279 g/mol. The van der Waals surface area contributed by atoms with Gasteiger partial charge in [0.25, 0.3) is 5.95 Å². The van der Waals surface area contributed by atoms with Crippen LogP contribution < -0.4 is 5.32 Å². The highest BCUT2D eigenvalue weighted by molar-refractivity contribution is 5.84. The summed E-state index contributed by atoms with van der Waals surface area (Å²) < 4.78 is 1.72. The molecule has 0 atom stereocenters. The standard InChI is InChI=1S/C14H13N7/c1-16-12-7-9(3-4-11(12)19-15)10-5-6-21-13(10)8-18-14(17-2)20-21/h3-8,15-16H,2H2,1H3. The minimum Gasteiger partial charge on any atom is -0.386 e. The van der Waals surface area contributed by atoms with Gasteiger partial charge in [-0.15, -0.1) is 5.10 Å². The predicted octanol–water partition coefficient (Wildman–Crippen LogP) is 3.43. The van der Waals surface area contributed by atoms with Crippen LogP contribution in [0.15, 0.2) is 46.8 Å². The summed E-state index contributed by atoms with van der Waals surface area (Å²) in [6, 6.07) is 7.63. The second kappa shape index (κ2) is 5.12. The van der Waals surface area contributed by atoms with E-state index in [0.717, 1.165) is 22.3 Å². The smallest absolute Gasteiger partial charge is 0.266 e. The van der Waals surface area contributed by atoms with Gasteiger partial charge in [-0.1, -0.05) is 6.07 Å². The minimum atomic E-state index is 0.337. The lowest BCUT2D eigenvalue weighted by atomic mass is 10.1. The Kier molecular flexibility index (Phi) is 3.15. The van der Waals surface area contributed by atoms with Gasteiger partial charge in [-0.3, -0.25) is 0 Å². The van der Waals surface area contributed by atoms with Crippen LogP contribution in [-0.4, -0.2) is 28.4 Å². The maximum absolute atomic E-state index is 7.15. The molecule has 21 heavy (non-hydrogen) atoms. The molecule has 3 rings (SSSR count). The molecular weight excluding hydrogens is 266 g/mol. The third kappa shape index (κ3) is 2.14. The first-order valence-electron chi connectivity index (χ1n) is 6.27. The molecule has 0 bridgehead atoms. The SMILES string of the molecule is C=Nc1ncc2c(-c3ccc(N=N)c(NC)c3)ccn2n1. The number of benzene rings is 1. The van der Waals surface area contributed by atoms with Gasteiger partial charge in [-0.2, -0.15) is 5.11 Å². The Morgan fingerprint density at radius 3 is 2.90 bits per heavy atom. The molecule has 2 N–H and O–H groups in total. The normalized spacial score (nSPS) is 10.5. The third-order valence-corrected chi connectivity index (χ3v) is 3.24. The van der Waals surface area contributed by atoms with Gasteiger partial charge >= 0.3 is 0 Å².